The molecular formula is C13H17BrN4O3. The fraction of sp³-hybridized carbons (Fsp3) is 0.385. The highest BCUT2D eigenvalue weighted by Crippen LogP contribution is 2.11. The summed E-state index contributed by atoms with van der Waals surface area (Å²) >= 11 is 3.32. The molecule has 8 heteroatoms. The molecule has 1 rings (SSSR count). The van der Waals surface area contributed by atoms with Crippen LogP contribution in [0.4, 0.5) is 0 Å². The van der Waals surface area contributed by atoms with E-state index in [0.717, 1.165) is 16.5 Å². The number of carbonyl (C=O) groups is 2. The van der Waals surface area contributed by atoms with E-state index in [9.17, 15) is 9.59 Å². The van der Waals surface area contributed by atoms with Crippen LogP contribution in [-0.4, -0.2) is 28.2 Å². The van der Waals surface area contributed by atoms with Crippen molar-refractivity contribution in [1.29, 1.82) is 0 Å². The lowest BCUT2D eigenvalue weighted by Crippen LogP contribution is -2.18. The van der Waals surface area contributed by atoms with Crippen LogP contribution in [-0.2, 0) is 9.59 Å². The van der Waals surface area contributed by atoms with Crippen molar-refractivity contribution in [3.63, 3.8) is 0 Å². The summed E-state index contributed by atoms with van der Waals surface area (Å²) in [5, 5.41) is 12.2. The van der Waals surface area contributed by atoms with Crippen LogP contribution >= 0.6 is 15.9 Å². The van der Waals surface area contributed by atoms with Gasteiger partial charge in [-0.15, -0.1) is 0 Å². The lowest BCUT2D eigenvalue weighted by atomic mass is 10.1. The first-order valence-electron chi connectivity index (χ1n) is 6.48. The van der Waals surface area contributed by atoms with Gasteiger partial charge in [0.25, 0.3) is 0 Å². The Balaban J connectivity index is 2.17. The standard InChI is InChI=1S/C13H17BrN4O3/c14-11-9-15-7-6-10(11)8-16-17-12(19)4-2-1-3-5-13(20)18-21/h6-9,21H,1-5H2,(H,17,19)(H,18,20)/b16-8+. The van der Waals surface area contributed by atoms with Crippen molar-refractivity contribution in [3.05, 3.63) is 28.5 Å². The third kappa shape index (κ3) is 7.52. The first-order chi connectivity index (χ1) is 10.1. The predicted molar refractivity (Wildman–Crippen MR) is 80.7 cm³/mol. The van der Waals surface area contributed by atoms with Crippen LogP contribution in [0, 0.1) is 0 Å². The number of hydroxylamine groups is 1. The first kappa shape index (κ1) is 17.3. The summed E-state index contributed by atoms with van der Waals surface area (Å²) in [6.45, 7) is 0. The minimum absolute atomic E-state index is 0.178. The number of aromatic nitrogens is 1. The maximum Gasteiger partial charge on any atom is 0.243 e. The molecule has 0 atom stereocenters. The molecule has 0 saturated carbocycles. The number of nitrogens with one attached hydrogen (secondary N) is 2. The van der Waals surface area contributed by atoms with E-state index in [1.165, 1.54) is 6.21 Å². The molecule has 0 aromatic carbocycles. The zero-order valence-electron chi connectivity index (χ0n) is 11.4. The second kappa shape index (κ2) is 10.0. The second-order valence-electron chi connectivity index (χ2n) is 4.29. The quantitative estimate of drug-likeness (QED) is 0.285. The maximum atomic E-state index is 11.5. The Morgan fingerprint density at radius 3 is 2.67 bits per heavy atom. The summed E-state index contributed by atoms with van der Waals surface area (Å²) in [7, 11) is 0. The minimum Gasteiger partial charge on any atom is -0.289 e. The summed E-state index contributed by atoms with van der Waals surface area (Å²) < 4.78 is 0.796. The van der Waals surface area contributed by atoms with Gasteiger partial charge < -0.3 is 0 Å². The topological polar surface area (TPSA) is 104 Å². The number of hydrogen-bond donors (Lipinski definition) is 3. The minimum atomic E-state index is -0.410. The Morgan fingerprint density at radius 2 is 2.00 bits per heavy atom. The molecule has 0 bridgehead atoms. The fourth-order valence-electron chi connectivity index (χ4n) is 1.52. The van der Waals surface area contributed by atoms with Crippen LogP contribution in [0.1, 0.15) is 37.7 Å². The van der Waals surface area contributed by atoms with E-state index in [2.05, 4.69) is 31.4 Å². The molecule has 1 heterocycles. The smallest absolute Gasteiger partial charge is 0.243 e. The number of nitrogens with zero attached hydrogens (tertiary/aromatic N) is 2. The fourth-order valence-corrected chi connectivity index (χ4v) is 1.88. The molecule has 0 aliphatic heterocycles. The highest BCUT2D eigenvalue weighted by atomic mass is 79.9. The number of rotatable bonds is 8. The Hall–Kier alpha value is -1.80. The molecule has 2 amide bonds. The molecule has 3 N–H and O–H groups in total. The summed E-state index contributed by atoms with van der Waals surface area (Å²) in [6, 6.07) is 1.77. The van der Waals surface area contributed by atoms with E-state index in [1.54, 1.807) is 23.9 Å². The average molecular weight is 357 g/mol. The van der Waals surface area contributed by atoms with Gasteiger partial charge in [-0.25, -0.2) is 10.9 Å². The summed E-state index contributed by atoms with van der Waals surface area (Å²) in [6.07, 6.45) is 7.45. The van der Waals surface area contributed by atoms with Gasteiger partial charge in [0.2, 0.25) is 11.8 Å². The van der Waals surface area contributed by atoms with Gasteiger partial charge in [-0.05, 0) is 34.8 Å². The molecule has 21 heavy (non-hydrogen) atoms. The van der Waals surface area contributed by atoms with Crippen molar-refractivity contribution in [3.8, 4) is 0 Å². The third-order valence-electron chi connectivity index (χ3n) is 2.63. The van der Waals surface area contributed by atoms with Gasteiger partial charge >= 0.3 is 0 Å². The summed E-state index contributed by atoms with van der Waals surface area (Å²) in [4.78, 5) is 26.2. The molecule has 0 saturated heterocycles. The molecule has 114 valence electrons. The maximum absolute atomic E-state index is 11.5. The van der Waals surface area contributed by atoms with Crippen molar-refractivity contribution in [1.82, 2.24) is 15.9 Å². The highest BCUT2D eigenvalue weighted by molar-refractivity contribution is 9.10. The predicted octanol–water partition coefficient (Wildman–Crippen LogP) is 1.75. The van der Waals surface area contributed by atoms with Gasteiger partial charge in [0, 0.05) is 35.3 Å². The molecule has 1 aromatic heterocycles. The van der Waals surface area contributed by atoms with Gasteiger partial charge in [0.05, 0.1) is 6.21 Å². The lowest BCUT2D eigenvalue weighted by molar-refractivity contribution is -0.129. The molecular weight excluding hydrogens is 340 g/mol. The number of amides is 2. The van der Waals surface area contributed by atoms with Gasteiger partial charge in [-0.2, -0.15) is 5.10 Å². The van der Waals surface area contributed by atoms with E-state index in [0.29, 0.717) is 19.3 Å². The first-order valence-corrected chi connectivity index (χ1v) is 7.27. The van der Waals surface area contributed by atoms with E-state index in [1.807, 2.05) is 0 Å². The Labute approximate surface area is 130 Å². The number of pyridine rings is 1. The average Bonchev–Trinajstić information content (AvgIpc) is 2.48. The van der Waals surface area contributed by atoms with Gasteiger partial charge in [-0.3, -0.25) is 19.8 Å². The van der Waals surface area contributed by atoms with Crippen LogP contribution in [0.5, 0.6) is 0 Å². The molecule has 0 radical (unpaired) electrons. The molecule has 0 aliphatic rings. The van der Waals surface area contributed by atoms with Crippen LogP contribution in [0.25, 0.3) is 0 Å². The zero-order chi connectivity index (χ0) is 15.5. The molecule has 0 fully saturated rings. The number of carbonyl (C=O) groups excluding carboxylic acids is 2. The van der Waals surface area contributed by atoms with Crippen LogP contribution in [0.3, 0.4) is 0 Å². The Bertz CT molecular complexity index is 508. The third-order valence-corrected chi connectivity index (χ3v) is 3.29. The van der Waals surface area contributed by atoms with Crippen molar-refractivity contribution in [2.24, 2.45) is 5.10 Å². The van der Waals surface area contributed by atoms with E-state index in [4.69, 9.17) is 5.21 Å². The monoisotopic (exact) mass is 356 g/mol. The van der Waals surface area contributed by atoms with E-state index < -0.39 is 5.91 Å². The van der Waals surface area contributed by atoms with Crippen molar-refractivity contribution in [2.75, 3.05) is 0 Å². The molecule has 0 spiro atoms. The molecule has 7 nitrogen and oxygen atoms in total. The van der Waals surface area contributed by atoms with Gasteiger partial charge in [-0.1, -0.05) is 6.42 Å². The SMILES string of the molecule is O=C(CCCCCC(=O)N/N=C/c1ccncc1Br)NO. The van der Waals surface area contributed by atoms with Crippen molar-refractivity contribution >= 4 is 34.0 Å². The van der Waals surface area contributed by atoms with Crippen molar-refractivity contribution < 1.29 is 14.8 Å². The largest absolute Gasteiger partial charge is 0.289 e. The molecule has 0 aliphatic carbocycles. The van der Waals surface area contributed by atoms with Gasteiger partial charge in [0.1, 0.15) is 0 Å². The van der Waals surface area contributed by atoms with E-state index in [-0.39, 0.29) is 12.3 Å². The number of unbranched alkanes of at least 4 members (excludes halogenated alkanes) is 2. The number of hydrazone groups is 1. The normalized spacial score (nSPS) is 10.6. The van der Waals surface area contributed by atoms with Crippen LogP contribution < -0.4 is 10.9 Å². The summed E-state index contributed by atoms with van der Waals surface area (Å²) in [5.41, 5.74) is 4.83. The van der Waals surface area contributed by atoms with Crippen molar-refractivity contribution in [2.45, 2.75) is 32.1 Å². The Kier molecular flexibility index (Phi) is 8.22. The molecule has 1 aromatic rings. The van der Waals surface area contributed by atoms with Crippen LogP contribution in [0.2, 0.25) is 0 Å². The Morgan fingerprint density at radius 1 is 1.29 bits per heavy atom. The lowest BCUT2D eigenvalue weighted by Gasteiger charge is -2.01. The number of halogens is 1. The van der Waals surface area contributed by atoms with Crippen LogP contribution in [0.15, 0.2) is 28.0 Å². The number of hydrogen-bond acceptors (Lipinski definition) is 5. The second-order valence-corrected chi connectivity index (χ2v) is 5.14. The zero-order valence-corrected chi connectivity index (χ0v) is 13.0. The molecule has 0 unspecified atom stereocenters. The van der Waals surface area contributed by atoms with Gasteiger partial charge in [0.15, 0.2) is 0 Å². The highest BCUT2D eigenvalue weighted by Gasteiger charge is 2.02. The summed E-state index contributed by atoms with van der Waals surface area (Å²) in [5.74, 6) is -0.588. The van der Waals surface area contributed by atoms with E-state index >= 15 is 0 Å².